The largest absolute Gasteiger partial charge is 0.290 e. The molecule has 0 unspecified atom stereocenters. The summed E-state index contributed by atoms with van der Waals surface area (Å²) in [6.45, 7) is 0. The van der Waals surface area contributed by atoms with Gasteiger partial charge in [0.2, 0.25) is 0 Å². The maximum atomic E-state index is 12.0. The van der Waals surface area contributed by atoms with Gasteiger partial charge in [-0.2, -0.15) is 0 Å². The number of pyridine rings is 1. The van der Waals surface area contributed by atoms with E-state index in [9.17, 15) is 4.79 Å². The van der Waals surface area contributed by atoms with Crippen molar-refractivity contribution in [1.82, 2.24) is 10.4 Å². The second kappa shape index (κ2) is 5.93. The van der Waals surface area contributed by atoms with E-state index in [1.54, 1.807) is 24.3 Å². The first kappa shape index (κ1) is 14.8. The number of benzene rings is 2. The van der Waals surface area contributed by atoms with Crippen LogP contribution in [-0.4, -0.2) is 10.9 Å². The topological polar surface area (TPSA) is 68.0 Å². The van der Waals surface area contributed by atoms with Crippen LogP contribution in [0.1, 0.15) is 10.4 Å². The van der Waals surface area contributed by atoms with Gasteiger partial charge in [-0.1, -0.05) is 47.5 Å². The number of aromatic nitrogens is 1. The number of carbonyl (C=O) groups is 1. The number of amides is 1. The molecule has 0 bridgehead atoms. The monoisotopic (exact) mass is 331 g/mol. The van der Waals surface area contributed by atoms with Gasteiger partial charge in [-0.25, -0.2) is 10.8 Å². The highest BCUT2D eigenvalue weighted by molar-refractivity contribution is 6.42. The van der Waals surface area contributed by atoms with Crippen LogP contribution in [0, 0.1) is 0 Å². The Labute approximate surface area is 136 Å². The first-order valence-electron chi connectivity index (χ1n) is 6.46. The molecule has 1 amide bonds. The van der Waals surface area contributed by atoms with Crippen LogP contribution in [0.4, 0.5) is 0 Å². The molecule has 1 aromatic heterocycles. The average molecular weight is 332 g/mol. The number of carbonyl (C=O) groups excluding carboxylic acids is 1. The molecule has 3 aromatic rings. The Balaban J connectivity index is 2.26. The Morgan fingerprint density at radius 3 is 2.55 bits per heavy atom. The number of para-hydroxylation sites is 1. The molecule has 0 aliphatic rings. The summed E-state index contributed by atoms with van der Waals surface area (Å²) in [6, 6.07) is 14.3. The quantitative estimate of drug-likeness (QED) is 0.426. The van der Waals surface area contributed by atoms with Gasteiger partial charge in [0.25, 0.3) is 5.91 Å². The summed E-state index contributed by atoms with van der Waals surface area (Å²) in [4.78, 5) is 16.6. The minimum Gasteiger partial charge on any atom is -0.290 e. The third kappa shape index (κ3) is 2.64. The Bertz CT molecular complexity index is 880. The number of nitrogens with two attached hydrogens (primary N) is 1. The summed E-state index contributed by atoms with van der Waals surface area (Å²) in [5.41, 5.74) is 4.70. The zero-order chi connectivity index (χ0) is 15.7. The van der Waals surface area contributed by atoms with E-state index < -0.39 is 0 Å². The van der Waals surface area contributed by atoms with Crippen molar-refractivity contribution in [2.45, 2.75) is 0 Å². The van der Waals surface area contributed by atoms with Crippen molar-refractivity contribution in [3.8, 4) is 11.3 Å². The number of hydrogen-bond acceptors (Lipinski definition) is 3. The van der Waals surface area contributed by atoms with E-state index in [1.165, 1.54) is 0 Å². The highest BCUT2D eigenvalue weighted by Gasteiger charge is 2.13. The van der Waals surface area contributed by atoms with E-state index in [0.717, 1.165) is 10.9 Å². The van der Waals surface area contributed by atoms with Gasteiger partial charge >= 0.3 is 0 Å². The molecule has 0 atom stereocenters. The molecule has 0 spiro atoms. The van der Waals surface area contributed by atoms with Gasteiger partial charge in [0, 0.05) is 10.9 Å². The molecule has 3 N–H and O–H groups in total. The zero-order valence-electron chi connectivity index (χ0n) is 11.3. The van der Waals surface area contributed by atoms with E-state index in [4.69, 9.17) is 29.0 Å². The van der Waals surface area contributed by atoms with E-state index in [-0.39, 0.29) is 5.91 Å². The molecule has 3 rings (SSSR count). The van der Waals surface area contributed by atoms with E-state index in [2.05, 4.69) is 10.4 Å². The van der Waals surface area contributed by atoms with Crippen LogP contribution in [-0.2, 0) is 0 Å². The number of fused-ring (bicyclic) bond motifs is 1. The standard InChI is InChI=1S/C16H11Cl2N3O/c17-12-6-5-9(7-13(12)18)15-8-11(16(22)21-19)10-3-1-2-4-14(10)20-15/h1-8H,19H2,(H,21,22). The number of rotatable bonds is 2. The van der Waals surface area contributed by atoms with Crippen molar-refractivity contribution in [3.63, 3.8) is 0 Å². The van der Waals surface area contributed by atoms with Crippen molar-refractivity contribution in [1.29, 1.82) is 0 Å². The van der Waals surface area contributed by atoms with E-state index in [0.29, 0.717) is 26.8 Å². The number of hydrogen-bond donors (Lipinski definition) is 2. The molecule has 110 valence electrons. The van der Waals surface area contributed by atoms with Crippen molar-refractivity contribution < 1.29 is 4.79 Å². The fraction of sp³-hybridized carbons (Fsp3) is 0. The lowest BCUT2D eigenvalue weighted by Crippen LogP contribution is -2.30. The van der Waals surface area contributed by atoms with Gasteiger partial charge in [-0.3, -0.25) is 10.2 Å². The second-order valence-electron chi connectivity index (χ2n) is 4.67. The molecule has 0 aliphatic carbocycles. The lowest BCUT2D eigenvalue weighted by molar-refractivity contribution is 0.0955. The van der Waals surface area contributed by atoms with Crippen LogP contribution >= 0.6 is 23.2 Å². The summed E-state index contributed by atoms with van der Waals surface area (Å²) in [5.74, 6) is 4.89. The number of hydrazine groups is 1. The predicted octanol–water partition coefficient (Wildman–Crippen LogP) is 3.81. The summed E-state index contributed by atoms with van der Waals surface area (Å²) in [6.07, 6.45) is 0. The smallest absolute Gasteiger partial charge is 0.265 e. The third-order valence-electron chi connectivity index (χ3n) is 3.31. The fourth-order valence-corrected chi connectivity index (χ4v) is 2.54. The number of nitrogen functional groups attached to an aromatic ring is 1. The van der Waals surface area contributed by atoms with Gasteiger partial charge in [0.15, 0.2) is 0 Å². The predicted molar refractivity (Wildman–Crippen MR) is 88.9 cm³/mol. The summed E-state index contributed by atoms with van der Waals surface area (Å²) in [5, 5.41) is 1.62. The normalized spacial score (nSPS) is 10.7. The molecule has 0 aliphatic heterocycles. The molecular weight excluding hydrogens is 321 g/mol. The molecular formula is C16H11Cl2N3O. The van der Waals surface area contributed by atoms with Crippen LogP contribution in [0.15, 0.2) is 48.5 Å². The van der Waals surface area contributed by atoms with Crippen molar-refractivity contribution in [2.75, 3.05) is 0 Å². The van der Waals surface area contributed by atoms with Crippen LogP contribution in [0.2, 0.25) is 10.0 Å². The molecule has 22 heavy (non-hydrogen) atoms. The second-order valence-corrected chi connectivity index (χ2v) is 5.49. The highest BCUT2D eigenvalue weighted by Crippen LogP contribution is 2.30. The Morgan fingerprint density at radius 1 is 1.05 bits per heavy atom. The Kier molecular flexibility index (Phi) is 3.98. The van der Waals surface area contributed by atoms with Crippen molar-refractivity contribution >= 4 is 40.0 Å². The summed E-state index contributed by atoms with van der Waals surface area (Å²) < 4.78 is 0. The Hall–Kier alpha value is -2.14. The summed E-state index contributed by atoms with van der Waals surface area (Å²) >= 11 is 12.0. The van der Waals surface area contributed by atoms with Gasteiger partial charge in [-0.05, 0) is 24.3 Å². The van der Waals surface area contributed by atoms with Crippen LogP contribution in [0.3, 0.4) is 0 Å². The summed E-state index contributed by atoms with van der Waals surface area (Å²) in [7, 11) is 0. The molecule has 0 radical (unpaired) electrons. The molecule has 6 heteroatoms. The molecule has 0 saturated heterocycles. The first-order valence-corrected chi connectivity index (χ1v) is 7.22. The maximum Gasteiger partial charge on any atom is 0.265 e. The number of nitrogens with zero attached hydrogens (tertiary/aromatic N) is 1. The van der Waals surface area contributed by atoms with E-state index >= 15 is 0 Å². The molecule has 1 heterocycles. The fourth-order valence-electron chi connectivity index (χ4n) is 2.24. The van der Waals surface area contributed by atoms with Gasteiger partial charge in [0.05, 0.1) is 26.8 Å². The van der Waals surface area contributed by atoms with Crippen molar-refractivity contribution in [2.24, 2.45) is 5.84 Å². The van der Waals surface area contributed by atoms with Crippen LogP contribution in [0.5, 0.6) is 0 Å². The lowest BCUT2D eigenvalue weighted by Gasteiger charge is -2.09. The van der Waals surface area contributed by atoms with Gasteiger partial charge in [-0.15, -0.1) is 0 Å². The Morgan fingerprint density at radius 2 is 1.82 bits per heavy atom. The first-order chi connectivity index (χ1) is 10.6. The number of nitrogens with one attached hydrogen (secondary N) is 1. The minimum absolute atomic E-state index is 0.375. The maximum absolute atomic E-state index is 12.0. The van der Waals surface area contributed by atoms with Gasteiger partial charge in [0.1, 0.15) is 0 Å². The third-order valence-corrected chi connectivity index (χ3v) is 4.05. The molecule has 2 aromatic carbocycles. The zero-order valence-corrected chi connectivity index (χ0v) is 12.8. The SMILES string of the molecule is NNC(=O)c1cc(-c2ccc(Cl)c(Cl)c2)nc2ccccc12. The molecule has 0 fully saturated rings. The van der Waals surface area contributed by atoms with Crippen LogP contribution in [0.25, 0.3) is 22.2 Å². The average Bonchev–Trinajstić information content (AvgIpc) is 2.55. The molecule has 0 saturated carbocycles. The lowest BCUT2D eigenvalue weighted by atomic mass is 10.0. The highest BCUT2D eigenvalue weighted by atomic mass is 35.5. The van der Waals surface area contributed by atoms with Gasteiger partial charge < -0.3 is 0 Å². The van der Waals surface area contributed by atoms with Crippen LogP contribution < -0.4 is 11.3 Å². The number of halogens is 2. The molecule has 4 nitrogen and oxygen atoms in total. The van der Waals surface area contributed by atoms with Crippen molar-refractivity contribution in [3.05, 3.63) is 64.1 Å². The van der Waals surface area contributed by atoms with E-state index in [1.807, 2.05) is 24.3 Å². The minimum atomic E-state index is -0.375.